The molecule has 0 aliphatic heterocycles. The minimum absolute atomic E-state index is 0.0439. The molecule has 0 aromatic heterocycles. The third-order valence-corrected chi connectivity index (χ3v) is 6.70. The zero-order valence-electron chi connectivity index (χ0n) is 15.3. The average Bonchev–Trinajstić information content (AvgIpc) is 2.68. The second-order valence-electron chi connectivity index (χ2n) is 6.94. The molecule has 26 heavy (non-hydrogen) atoms. The van der Waals surface area contributed by atoms with Crippen LogP contribution >= 0.6 is 0 Å². The van der Waals surface area contributed by atoms with Gasteiger partial charge in [0.05, 0.1) is 4.90 Å². The lowest BCUT2D eigenvalue weighted by Gasteiger charge is -2.39. The summed E-state index contributed by atoms with van der Waals surface area (Å²) in [6.07, 6.45) is 4.14. The molecule has 1 saturated carbocycles. The van der Waals surface area contributed by atoms with Gasteiger partial charge in [-0.05, 0) is 37.1 Å². The number of likely N-dealkylation sites (N-methyl/N-ethyl adjacent to an activating group) is 1. The molecule has 0 radical (unpaired) electrons. The summed E-state index contributed by atoms with van der Waals surface area (Å²) in [5, 5.41) is 0. The predicted molar refractivity (Wildman–Crippen MR) is 105 cm³/mol. The van der Waals surface area contributed by atoms with Crippen LogP contribution < -0.4 is 4.72 Å². The van der Waals surface area contributed by atoms with Crippen LogP contribution in [-0.2, 0) is 16.6 Å². The van der Waals surface area contributed by atoms with Crippen LogP contribution in [0.1, 0.15) is 38.2 Å². The minimum Gasteiger partial charge on any atom is -0.295 e. The Morgan fingerprint density at radius 1 is 0.962 bits per heavy atom. The average molecular weight is 373 g/mol. The molecule has 0 spiro atoms. The maximum Gasteiger partial charge on any atom is 0.240 e. The van der Waals surface area contributed by atoms with E-state index in [4.69, 9.17) is 0 Å². The molecule has 1 aliphatic carbocycles. The van der Waals surface area contributed by atoms with Crippen molar-refractivity contribution in [3.63, 3.8) is 0 Å². The Labute approximate surface area is 157 Å². The van der Waals surface area contributed by atoms with Crippen molar-refractivity contribution < 1.29 is 8.42 Å². The highest BCUT2D eigenvalue weighted by molar-refractivity contribution is 7.89. The zero-order chi connectivity index (χ0) is 18.4. The van der Waals surface area contributed by atoms with E-state index in [1.54, 1.807) is 24.3 Å². The lowest BCUT2D eigenvalue weighted by Crippen LogP contribution is -2.52. The molecule has 2 atom stereocenters. The summed E-state index contributed by atoms with van der Waals surface area (Å²) in [4.78, 5) is 2.75. The molecule has 4 nitrogen and oxygen atoms in total. The molecule has 0 unspecified atom stereocenters. The quantitative estimate of drug-likeness (QED) is 0.804. The Kier molecular flexibility index (Phi) is 6.46. The number of benzene rings is 2. The van der Waals surface area contributed by atoms with Gasteiger partial charge in [0, 0.05) is 18.6 Å². The maximum absolute atomic E-state index is 12.8. The third-order valence-electron chi connectivity index (χ3n) is 5.19. The van der Waals surface area contributed by atoms with E-state index in [2.05, 4.69) is 40.8 Å². The summed E-state index contributed by atoms with van der Waals surface area (Å²) in [5.41, 5.74) is 1.27. The predicted octanol–water partition coefficient (Wildman–Crippen LogP) is 3.80. The molecule has 0 amide bonds. The number of rotatable bonds is 7. The number of hydrogen-bond acceptors (Lipinski definition) is 3. The Balaban J connectivity index is 1.76. The smallest absolute Gasteiger partial charge is 0.240 e. The van der Waals surface area contributed by atoms with Gasteiger partial charge in [0.25, 0.3) is 0 Å². The van der Waals surface area contributed by atoms with Crippen molar-refractivity contribution in [1.29, 1.82) is 0 Å². The summed E-state index contributed by atoms with van der Waals surface area (Å²) < 4.78 is 28.6. The molecule has 2 aromatic rings. The monoisotopic (exact) mass is 372 g/mol. The summed E-state index contributed by atoms with van der Waals surface area (Å²) in [7, 11) is -3.48. The molecule has 2 aromatic carbocycles. The summed E-state index contributed by atoms with van der Waals surface area (Å²) in [6, 6.07) is 19.3. The summed E-state index contributed by atoms with van der Waals surface area (Å²) in [6.45, 7) is 3.91. The molecule has 140 valence electrons. The van der Waals surface area contributed by atoms with Crippen molar-refractivity contribution in [2.24, 2.45) is 0 Å². The van der Waals surface area contributed by atoms with Gasteiger partial charge in [-0.2, -0.15) is 0 Å². The van der Waals surface area contributed by atoms with Gasteiger partial charge in [0.15, 0.2) is 0 Å². The van der Waals surface area contributed by atoms with Crippen LogP contribution in [0.3, 0.4) is 0 Å². The fraction of sp³-hybridized carbons (Fsp3) is 0.429. The second kappa shape index (κ2) is 8.80. The van der Waals surface area contributed by atoms with Gasteiger partial charge in [-0.15, -0.1) is 0 Å². The summed E-state index contributed by atoms with van der Waals surface area (Å²) >= 11 is 0. The zero-order valence-corrected chi connectivity index (χ0v) is 16.2. The molecule has 5 heteroatoms. The van der Waals surface area contributed by atoms with Gasteiger partial charge in [0.2, 0.25) is 10.0 Å². The van der Waals surface area contributed by atoms with Gasteiger partial charge in [-0.25, -0.2) is 13.1 Å². The van der Waals surface area contributed by atoms with Crippen molar-refractivity contribution in [3.05, 3.63) is 66.2 Å². The topological polar surface area (TPSA) is 49.4 Å². The Morgan fingerprint density at radius 3 is 2.23 bits per heavy atom. The van der Waals surface area contributed by atoms with Gasteiger partial charge in [0.1, 0.15) is 0 Å². The van der Waals surface area contributed by atoms with E-state index in [0.29, 0.717) is 4.90 Å². The van der Waals surface area contributed by atoms with Crippen LogP contribution in [-0.4, -0.2) is 31.9 Å². The molecule has 3 rings (SSSR count). The van der Waals surface area contributed by atoms with Crippen LogP contribution in [0.15, 0.2) is 65.6 Å². The van der Waals surface area contributed by atoms with Crippen molar-refractivity contribution in [2.75, 3.05) is 6.54 Å². The van der Waals surface area contributed by atoms with Crippen molar-refractivity contribution in [3.8, 4) is 0 Å². The Morgan fingerprint density at radius 2 is 1.58 bits per heavy atom. The molecule has 0 heterocycles. The SMILES string of the molecule is CCN(Cc1ccccc1)[C@H]1CCCC[C@@H]1NS(=O)(=O)c1ccccc1. The second-order valence-corrected chi connectivity index (χ2v) is 8.66. The van der Waals surface area contributed by atoms with Crippen molar-refractivity contribution >= 4 is 10.0 Å². The molecule has 0 bridgehead atoms. The Bertz CT molecular complexity index is 778. The van der Waals surface area contributed by atoms with E-state index >= 15 is 0 Å². The largest absolute Gasteiger partial charge is 0.295 e. The number of nitrogens with one attached hydrogen (secondary N) is 1. The normalized spacial score (nSPS) is 21.0. The van der Waals surface area contributed by atoms with Gasteiger partial charge >= 0.3 is 0 Å². The molecule has 1 N–H and O–H groups in total. The fourth-order valence-corrected chi connectivity index (χ4v) is 5.16. The van der Waals surface area contributed by atoms with E-state index in [0.717, 1.165) is 38.8 Å². The standard InChI is InChI=1S/C21H28N2O2S/c1-2-23(17-18-11-5-3-6-12-18)21-16-10-9-15-20(21)22-26(24,25)19-13-7-4-8-14-19/h3-8,11-14,20-22H,2,9-10,15-17H2,1H3/t20-,21-/m0/s1. The summed E-state index contributed by atoms with van der Waals surface area (Å²) in [5.74, 6) is 0. The van der Waals surface area contributed by atoms with E-state index in [1.165, 1.54) is 5.56 Å². The number of sulfonamides is 1. The van der Waals surface area contributed by atoms with E-state index in [-0.39, 0.29) is 12.1 Å². The number of nitrogens with zero attached hydrogens (tertiary/aromatic N) is 1. The minimum atomic E-state index is -3.48. The first-order chi connectivity index (χ1) is 12.6. The van der Waals surface area contributed by atoms with E-state index in [9.17, 15) is 8.42 Å². The fourth-order valence-electron chi connectivity index (χ4n) is 3.83. The third kappa shape index (κ3) is 4.72. The molecular weight excluding hydrogens is 344 g/mol. The van der Waals surface area contributed by atoms with Crippen LogP contribution in [0.4, 0.5) is 0 Å². The van der Waals surface area contributed by atoms with Gasteiger partial charge in [-0.3, -0.25) is 4.90 Å². The van der Waals surface area contributed by atoms with Crippen molar-refractivity contribution in [2.45, 2.75) is 56.1 Å². The van der Waals surface area contributed by atoms with Crippen LogP contribution in [0.25, 0.3) is 0 Å². The highest BCUT2D eigenvalue weighted by Crippen LogP contribution is 2.26. The number of hydrogen-bond donors (Lipinski definition) is 1. The lowest BCUT2D eigenvalue weighted by molar-refractivity contribution is 0.130. The van der Waals surface area contributed by atoms with Gasteiger partial charge < -0.3 is 0 Å². The van der Waals surface area contributed by atoms with Crippen LogP contribution in [0.5, 0.6) is 0 Å². The lowest BCUT2D eigenvalue weighted by atomic mass is 9.89. The van der Waals surface area contributed by atoms with E-state index in [1.807, 2.05) is 12.1 Å². The first-order valence-corrected chi connectivity index (χ1v) is 10.9. The van der Waals surface area contributed by atoms with Crippen LogP contribution in [0.2, 0.25) is 0 Å². The first-order valence-electron chi connectivity index (χ1n) is 9.45. The molecular formula is C21H28N2O2S. The highest BCUT2D eigenvalue weighted by Gasteiger charge is 2.32. The highest BCUT2D eigenvalue weighted by atomic mass is 32.2. The van der Waals surface area contributed by atoms with Crippen LogP contribution in [0, 0.1) is 0 Å². The Hall–Kier alpha value is -1.69. The van der Waals surface area contributed by atoms with E-state index < -0.39 is 10.0 Å². The first kappa shape index (κ1) is 19.1. The molecule has 0 saturated heterocycles. The van der Waals surface area contributed by atoms with Crippen molar-refractivity contribution in [1.82, 2.24) is 9.62 Å². The van der Waals surface area contributed by atoms with Gasteiger partial charge in [-0.1, -0.05) is 68.3 Å². The molecule has 1 aliphatic rings. The molecule has 1 fully saturated rings. The maximum atomic E-state index is 12.8.